The standard InChI is InChI=1S/C15H12Cl3NOS/c1-21-8-9-2-4-10(5-3-9)15(20)19-14-7-12(17)11(16)6-13(14)18/h2-7H,8H2,1H3,(H,19,20). The fourth-order valence-electron chi connectivity index (χ4n) is 1.73. The lowest BCUT2D eigenvalue weighted by Crippen LogP contribution is -2.12. The summed E-state index contributed by atoms with van der Waals surface area (Å²) in [5.41, 5.74) is 2.16. The number of nitrogens with one attached hydrogen (secondary N) is 1. The van der Waals surface area contributed by atoms with Gasteiger partial charge in [-0.2, -0.15) is 11.8 Å². The SMILES string of the molecule is CSCc1ccc(C(=O)Nc2cc(Cl)c(Cl)cc2Cl)cc1. The number of rotatable bonds is 4. The summed E-state index contributed by atoms with van der Waals surface area (Å²) in [6.07, 6.45) is 2.03. The van der Waals surface area contributed by atoms with Gasteiger partial charge in [-0.15, -0.1) is 0 Å². The largest absolute Gasteiger partial charge is 0.321 e. The Morgan fingerprint density at radius 2 is 1.67 bits per heavy atom. The lowest BCUT2D eigenvalue weighted by atomic mass is 10.1. The van der Waals surface area contributed by atoms with Crippen LogP contribution in [0.15, 0.2) is 36.4 Å². The van der Waals surface area contributed by atoms with E-state index in [2.05, 4.69) is 5.32 Å². The third-order valence-corrected chi connectivity index (χ3v) is 4.44. The van der Waals surface area contributed by atoms with Crippen molar-refractivity contribution in [1.29, 1.82) is 0 Å². The Morgan fingerprint density at radius 1 is 1.05 bits per heavy atom. The van der Waals surface area contributed by atoms with Gasteiger partial charge < -0.3 is 5.32 Å². The number of amides is 1. The van der Waals surface area contributed by atoms with Crippen LogP contribution in [0.2, 0.25) is 15.1 Å². The summed E-state index contributed by atoms with van der Waals surface area (Å²) in [6.45, 7) is 0. The molecule has 0 saturated carbocycles. The fraction of sp³-hybridized carbons (Fsp3) is 0.133. The molecule has 0 spiro atoms. The predicted octanol–water partition coefficient (Wildman–Crippen LogP) is 5.76. The molecule has 0 aliphatic carbocycles. The Bertz CT molecular complexity index is 659. The highest BCUT2D eigenvalue weighted by Crippen LogP contribution is 2.32. The van der Waals surface area contributed by atoms with Crippen molar-refractivity contribution in [3.05, 3.63) is 62.6 Å². The number of benzene rings is 2. The van der Waals surface area contributed by atoms with Crippen LogP contribution in [0.3, 0.4) is 0 Å². The zero-order valence-corrected chi connectivity index (χ0v) is 14.2. The van der Waals surface area contributed by atoms with Crippen molar-refractivity contribution in [3.63, 3.8) is 0 Å². The van der Waals surface area contributed by atoms with Gasteiger partial charge >= 0.3 is 0 Å². The molecule has 0 radical (unpaired) electrons. The van der Waals surface area contributed by atoms with Crippen molar-refractivity contribution in [3.8, 4) is 0 Å². The Labute approximate surface area is 142 Å². The molecular formula is C15H12Cl3NOS. The highest BCUT2D eigenvalue weighted by Gasteiger charge is 2.11. The van der Waals surface area contributed by atoms with Crippen LogP contribution in [-0.2, 0) is 5.75 Å². The maximum absolute atomic E-state index is 12.2. The van der Waals surface area contributed by atoms with E-state index in [1.807, 2.05) is 18.4 Å². The van der Waals surface area contributed by atoms with Crippen LogP contribution in [0.1, 0.15) is 15.9 Å². The molecule has 0 aliphatic heterocycles. The first-order chi connectivity index (χ1) is 10.0. The molecule has 2 aromatic rings. The summed E-state index contributed by atoms with van der Waals surface area (Å²) in [5, 5.41) is 3.76. The number of thioether (sulfide) groups is 1. The molecule has 0 saturated heterocycles. The molecular weight excluding hydrogens is 349 g/mol. The third kappa shape index (κ3) is 4.30. The first-order valence-electron chi connectivity index (χ1n) is 6.05. The maximum atomic E-state index is 12.2. The summed E-state index contributed by atoms with van der Waals surface area (Å²) in [7, 11) is 0. The van der Waals surface area contributed by atoms with Crippen LogP contribution < -0.4 is 5.32 Å². The monoisotopic (exact) mass is 359 g/mol. The zero-order chi connectivity index (χ0) is 15.4. The van der Waals surface area contributed by atoms with E-state index in [1.54, 1.807) is 23.9 Å². The van der Waals surface area contributed by atoms with Crippen LogP contribution in [0.5, 0.6) is 0 Å². The molecule has 0 fully saturated rings. The van der Waals surface area contributed by atoms with Gasteiger partial charge in [0, 0.05) is 11.3 Å². The molecule has 0 bridgehead atoms. The zero-order valence-electron chi connectivity index (χ0n) is 11.1. The summed E-state index contributed by atoms with van der Waals surface area (Å²) < 4.78 is 0. The smallest absolute Gasteiger partial charge is 0.255 e. The topological polar surface area (TPSA) is 29.1 Å². The first-order valence-corrected chi connectivity index (χ1v) is 8.58. The van der Waals surface area contributed by atoms with Gasteiger partial charge in [0.15, 0.2) is 0 Å². The number of carbonyl (C=O) groups excluding carboxylic acids is 1. The number of hydrogen-bond donors (Lipinski definition) is 1. The molecule has 0 unspecified atom stereocenters. The summed E-state index contributed by atoms with van der Waals surface area (Å²) in [4.78, 5) is 12.2. The van der Waals surface area contributed by atoms with Gasteiger partial charge in [0.05, 0.1) is 20.8 Å². The molecule has 0 heterocycles. The number of carbonyl (C=O) groups is 1. The molecule has 0 aliphatic rings. The average Bonchev–Trinajstić information content (AvgIpc) is 2.46. The van der Waals surface area contributed by atoms with Crippen molar-refractivity contribution >= 4 is 58.2 Å². The van der Waals surface area contributed by atoms with Crippen molar-refractivity contribution in [2.75, 3.05) is 11.6 Å². The van der Waals surface area contributed by atoms with Crippen LogP contribution in [0, 0.1) is 0 Å². The van der Waals surface area contributed by atoms with Gasteiger partial charge in [-0.05, 0) is 36.1 Å². The highest BCUT2D eigenvalue weighted by molar-refractivity contribution is 7.97. The number of anilines is 1. The quantitative estimate of drug-likeness (QED) is 0.702. The normalized spacial score (nSPS) is 10.5. The van der Waals surface area contributed by atoms with Crippen LogP contribution >= 0.6 is 46.6 Å². The van der Waals surface area contributed by atoms with Crippen molar-refractivity contribution in [2.45, 2.75) is 5.75 Å². The molecule has 0 atom stereocenters. The number of halogens is 3. The Balaban J connectivity index is 2.16. The molecule has 2 aromatic carbocycles. The lowest BCUT2D eigenvalue weighted by molar-refractivity contribution is 0.102. The molecule has 1 amide bonds. The second-order valence-electron chi connectivity index (χ2n) is 4.33. The van der Waals surface area contributed by atoms with E-state index in [0.29, 0.717) is 26.3 Å². The summed E-state index contributed by atoms with van der Waals surface area (Å²) in [5.74, 6) is 0.673. The van der Waals surface area contributed by atoms with Gasteiger partial charge in [0.1, 0.15) is 0 Å². The van der Waals surface area contributed by atoms with Gasteiger partial charge in [0.2, 0.25) is 0 Å². The molecule has 2 rings (SSSR count). The van der Waals surface area contributed by atoms with E-state index >= 15 is 0 Å². The van der Waals surface area contributed by atoms with Crippen molar-refractivity contribution in [2.24, 2.45) is 0 Å². The van der Waals surface area contributed by atoms with E-state index in [1.165, 1.54) is 17.7 Å². The summed E-state index contributed by atoms with van der Waals surface area (Å²) in [6, 6.07) is 10.5. The molecule has 21 heavy (non-hydrogen) atoms. The molecule has 0 aromatic heterocycles. The van der Waals surface area contributed by atoms with E-state index in [4.69, 9.17) is 34.8 Å². The minimum atomic E-state index is -0.244. The van der Waals surface area contributed by atoms with E-state index in [0.717, 1.165) is 5.75 Å². The Kier molecular flexibility index (Phi) is 5.82. The first kappa shape index (κ1) is 16.5. The minimum Gasteiger partial charge on any atom is -0.321 e. The average molecular weight is 361 g/mol. The third-order valence-electron chi connectivity index (χ3n) is 2.79. The van der Waals surface area contributed by atoms with Crippen LogP contribution in [0.25, 0.3) is 0 Å². The van der Waals surface area contributed by atoms with Gasteiger partial charge in [-0.3, -0.25) is 4.79 Å². The van der Waals surface area contributed by atoms with E-state index < -0.39 is 0 Å². The Morgan fingerprint density at radius 3 is 2.29 bits per heavy atom. The number of hydrogen-bond acceptors (Lipinski definition) is 2. The summed E-state index contributed by atoms with van der Waals surface area (Å²) >= 11 is 19.6. The lowest BCUT2D eigenvalue weighted by Gasteiger charge is -2.09. The van der Waals surface area contributed by atoms with Crippen LogP contribution in [0.4, 0.5) is 5.69 Å². The van der Waals surface area contributed by atoms with Gasteiger partial charge in [0.25, 0.3) is 5.91 Å². The van der Waals surface area contributed by atoms with Gasteiger partial charge in [-0.25, -0.2) is 0 Å². The molecule has 1 N–H and O–H groups in total. The minimum absolute atomic E-state index is 0.244. The van der Waals surface area contributed by atoms with Crippen molar-refractivity contribution in [1.82, 2.24) is 0 Å². The highest BCUT2D eigenvalue weighted by atomic mass is 35.5. The van der Waals surface area contributed by atoms with Crippen LogP contribution in [-0.4, -0.2) is 12.2 Å². The molecule has 110 valence electrons. The Hall–Kier alpha value is -0.870. The van der Waals surface area contributed by atoms with Gasteiger partial charge in [-0.1, -0.05) is 46.9 Å². The van der Waals surface area contributed by atoms with E-state index in [-0.39, 0.29) is 5.91 Å². The maximum Gasteiger partial charge on any atom is 0.255 e. The fourth-order valence-corrected chi connectivity index (χ4v) is 2.85. The second kappa shape index (κ2) is 7.41. The van der Waals surface area contributed by atoms with Crippen molar-refractivity contribution < 1.29 is 4.79 Å². The second-order valence-corrected chi connectivity index (χ2v) is 6.42. The molecule has 6 heteroatoms. The predicted molar refractivity (Wildman–Crippen MR) is 93.1 cm³/mol. The van der Waals surface area contributed by atoms with E-state index in [9.17, 15) is 4.79 Å². The molecule has 2 nitrogen and oxygen atoms in total.